The molecule has 2 aromatic rings. The molecule has 4 bridgehead atoms. The van der Waals surface area contributed by atoms with Gasteiger partial charge in [0.2, 0.25) is 0 Å². The smallest absolute Gasteiger partial charge is 0.280 e. The van der Waals surface area contributed by atoms with Gasteiger partial charge in [-0.2, -0.15) is 0 Å². The molecule has 6 rings (SSSR count). The van der Waals surface area contributed by atoms with E-state index in [-0.39, 0.29) is 23.1 Å². The number of rotatable bonds is 3. The first-order valence-corrected chi connectivity index (χ1v) is 13.6. The Morgan fingerprint density at radius 1 is 0.912 bits per heavy atom. The van der Waals surface area contributed by atoms with Crippen LogP contribution >= 0.6 is 0 Å². The molecule has 4 aliphatic rings. The Balaban J connectivity index is 1.32. The summed E-state index contributed by atoms with van der Waals surface area (Å²) in [7, 11) is 0. The van der Waals surface area contributed by atoms with Crippen LogP contribution in [0.25, 0.3) is 11.0 Å². The molecule has 5 nitrogen and oxygen atoms in total. The maximum Gasteiger partial charge on any atom is 0.280 e. The molecule has 2 unspecified atom stereocenters. The molecular weight excluding hydrogens is 422 g/mol. The molecule has 0 N–H and O–H groups in total. The van der Waals surface area contributed by atoms with Gasteiger partial charge in [-0.3, -0.25) is 14.5 Å². The molecule has 0 radical (unpaired) electrons. The van der Waals surface area contributed by atoms with E-state index >= 15 is 0 Å². The summed E-state index contributed by atoms with van der Waals surface area (Å²) in [5.74, 6) is 1.53. The molecule has 2 aliphatic carbocycles. The van der Waals surface area contributed by atoms with E-state index in [4.69, 9.17) is 0 Å². The minimum absolute atomic E-state index is 0.0917. The van der Waals surface area contributed by atoms with Crippen LogP contribution in [0.2, 0.25) is 0 Å². The second-order valence-corrected chi connectivity index (χ2v) is 12.7. The zero-order valence-electron chi connectivity index (χ0n) is 21.0. The Morgan fingerprint density at radius 2 is 1.56 bits per heavy atom. The van der Waals surface area contributed by atoms with Gasteiger partial charge in [0.15, 0.2) is 11.5 Å². The number of Topliss-reactive ketones (excluding diaryl/α,β-unsaturated/α-hetero) is 1. The fraction of sp³-hybridized carbons (Fsp3) is 0.690. The Bertz CT molecular complexity index is 1140. The van der Waals surface area contributed by atoms with E-state index in [0.29, 0.717) is 17.5 Å². The van der Waals surface area contributed by atoms with Gasteiger partial charge in [-0.15, -0.1) is 0 Å². The largest absolute Gasteiger partial charge is 0.302 e. The van der Waals surface area contributed by atoms with Crippen LogP contribution in [0.3, 0.4) is 0 Å². The van der Waals surface area contributed by atoms with Gasteiger partial charge >= 0.3 is 0 Å². The first kappa shape index (κ1) is 22.5. The SMILES string of the molecule is CC(=O)c1nc2ccccc2n(C2C[C@H]3CCC[C@@H](C2)N3C2C[C@@H]3C[C@H](C2)CC(C)(C)C3)c1=O. The van der Waals surface area contributed by atoms with Gasteiger partial charge in [-0.25, -0.2) is 4.98 Å². The molecule has 182 valence electrons. The number of fused-ring (bicyclic) bond motifs is 5. The summed E-state index contributed by atoms with van der Waals surface area (Å²) >= 11 is 0. The van der Waals surface area contributed by atoms with Gasteiger partial charge in [0.05, 0.1) is 11.0 Å². The van der Waals surface area contributed by atoms with Crippen molar-refractivity contribution in [1.82, 2.24) is 14.5 Å². The number of carbonyl (C=O) groups excluding carboxylic acids is 1. The van der Waals surface area contributed by atoms with Crippen molar-refractivity contribution in [2.75, 3.05) is 0 Å². The summed E-state index contributed by atoms with van der Waals surface area (Å²) in [6, 6.07) is 9.80. The lowest BCUT2D eigenvalue weighted by Crippen LogP contribution is -2.59. The molecule has 34 heavy (non-hydrogen) atoms. The number of benzene rings is 1. The predicted molar refractivity (Wildman–Crippen MR) is 135 cm³/mol. The standard InChI is InChI=1S/C29H39N3O2/c1-18(33)27-28(34)32(26-10-5-4-9-25(26)30-27)24-14-21-7-6-8-22(15-24)31(21)23-12-19-11-20(13-23)17-29(2,3)16-19/h4-5,9-10,19-24H,6-8,11-17H2,1-3H3/t19-,20+,21-,22+,23?,24?. The molecule has 6 atom stereocenters. The van der Waals surface area contributed by atoms with E-state index in [2.05, 4.69) is 23.7 Å². The van der Waals surface area contributed by atoms with Gasteiger partial charge in [-0.05, 0) is 87.2 Å². The molecule has 0 amide bonds. The minimum Gasteiger partial charge on any atom is -0.302 e. The lowest BCUT2D eigenvalue weighted by atomic mass is 9.60. The van der Waals surface area contributed by atoms with Crippen molar-refractivity contribution in [2.24, 2.45) is 17.3 Å². The lowest BCUT2D eigenvalue weighted by molar-refractivity contribution is -0.0599. The topological polar surface area (TPSA) is 55.2 Å². The van der Waals surface area contributed by atoms with Gasteiger partial charge in [0, 0.05) is 31.1 Å². The molecule has 0 spiro atoms. The Morgan fingerprint density at radius 3 is 2.21 bits per heavy atom. The monoisotopic (exact) mass is 461 g/mol. The van der Waals surface area contributed by atoms with Gasteiger partial charge in [-0.1, -0.05) is 32.4 Å². The zero-order valence-corrected chi connectivity index (χ0v) is 21.0. The van der Waals surface area contributed by atoms with Crippen LogP contribution in [0.4, 0.5) is 0 Å². The summed E-state index contributed by atoms with van der Waals surface area (Å²) in [4.78, 5) is 33.1. The highest BCUT2D eigenvalue weighted by atomic mass is 16.1. The Hall–Kier alpha value is -2.01. The first-order valence-electron chi connectivity index (χ1n) is 13.6. The summed E-state index contributed by atoms with van der Waals surface area (Å²) < 4.78 is 1.94. The quantitative estimate of drug-likeness (QED) is 0.545. The number of aromatic nitrogens is 2. The van der Waals surface area contributed by atoms with Crippen LogP contribution in [0.1, 0.15) is 102 Å². The molecule has 3 heterocycles. The normalized spacial score (nSPS) is 35.3. The van der Waals surface area contributed by atoms with E-state index in [0.717, 1.165) is 41.8 Å². The fourth-order valence-electron chi connectivity index (χ4n) is 8.69. The van der Waals surface area contributed by atoms with Gasteiger partial charge in [0.25, 0.3) is 5.56 Å². The molecule has 1 aromatic carbocycles. The van der Waals surface area contributed by atoms with Crippen molar-refractivity contribution in [3.8, 4) is 0 Å². The van der Waals surface area contributed by atoms with E-state index in [9.17, 15) is 9.59 Å². The number of piperidine rings is 2. The average Bonchev–Trinajstić information content (AvgIpc) is 2.76. The van der Waals surface area contributed by atoms with Crippen molar-refractivity contribution >= 4 is 16.8 Å². The first-order chi connectivity index (χ1) is 16.3. The highest BCUT2D eigenvalue weighted by Gasteiger charge is 2.47. The number of hydrogen-bond donors (Lipinski definition) is 0. The second-order valence-electron chi connectivity index (χ2n) is 12.7. The molecule has 1 aromatic heterocycles. The van der Waals surface area contributed by atoms with E-state index in [1.54, 1.807) is 0 Å². The van der Waals surface area contributed by atoms with Crippen LogP contribution < -0.4 is 5.56 Å². The number of ketones is 1. The third-order valence-corrected chi connectivity index (χ3v) is 9.48. The van der Waals surface area contributed by atoms with Crippen molar-refractivity contribution in [2.45, 2.75) is 109 Å². The van der Waals surface area contributed by atoms with E-state index in [1.807, 2.05) is 28.8 Å². The molecule has 4 fully saturated rings. The van der Waals surface area contributed by atoms with Crippen LogP contribution in [0.5, 0.6) is 0 Å². The zero-order chi connectivity index (χ0) is 23.6. The van der Waals surface area contributed by atoms with Crippen molar-refractivity contribution in [1.29, 1.82) is 0 Å². The summed E-state index contributed by atoms with van der Waals surface area (Å²) in [5.41, 5.74) is 2.04. The Kier molecular flexibility index (Phi) is 5.47. The van der Waals surface area contributed by atoms with Crippen molar-refractivity contribution in [3.63, 3.8) is 0 Å². The third kappa shape index (κ3) is 3.84. The van der Waals surface area contributed by atoms with Crippen molar-refractivity contribution in [3.05, 3.63) is 40.3 Å². The van der Waals surface area contributed by atoms with E-state index < -0.39 is 0 Å². The molecule has 2 aliphatic heterocycles. The lowest BCUT2D eigenvalue weighted by Gasteiger charge is -2.56. The van der Waals surface area contributed by atoms with Gasteiger partial charge in [0.1, 0.15) is 0 Å². The van der Waals surface area contributed by atoms with Crippen LogP contribution in [0.15, 0.2) is 29.1 Å². The molecular formula is C29H39N3O2. The fourth-order valence-corrected chi connectivity index (χ4v) is 8.69. The average molecular weight is 462 g/mol. The Labute approximate surface area is 202 Å². The number of para-hydroxylation sites is 2. The second kappa shape index (κ2) is 8.29. The maximum atomic E-state index is 13.5. The van der Waals surface area contributed by atoms with Gasteiger partial charge < -0.3 is 4.57 Å². The highest BCUT2D eigenvalue weighted by Crippen LogP contribution is 2.51. The summed E-state index contributed by atoms with van der Waals surface area (Å²) in [6.45, 7) is 6.40. The molecule has 5 heteroatoms. The number of nitrogens with zero attached hydrogens (tertiary/aromatic N) is 3. The van der Waals surface area contributed by atoms with Crippen LogP contribution in [-0.2, 0) is 0 Å². The maximum absolute atomic E-state index is 13.5. The summed E-state index contributed by atoms with van der Waals surface area (Å²) in [6.07, 6.45) is 12.7. The number of hydrogen-bond acceptors (Lipinski definition) is 4. The number of carbonyl (C=O) groups is 1. The van der Waals surface area contributed by atoms with E-state index in [1.165, 1.54) is 58.3 Å². The summed E-state index contributed by atoms with van der Waals surface area (Å²) in [5, 5.41) is 0. The molecule has 2 saturated heterocycles. The van der Waals surface area contributed by atoms with Crippen LogP contribution in [0, 0.1) is 17.3 Å². The van der Waals surface area contributed by atoms with Crippen LogP contribution in [-0.4, -0.2) is 38.4 Å². The third-order valence-electron chi connectivity index (χ3n) is 9.48. The highest BCUT2D eigenvalue weighted by molar-refractivity contribution is 5.93. The predicted octanol–water partition coefficient (Wildman–Crippen LogP) is 5.76. The van der Waals surface area contributed by atoms with Crippen molar-refractivity contribution < 1.29 is 4.79 Å². The minimum atomic E-state index is -0.237. The molecule has 2 saturated carbocycles.